The monoisotopic (exact) mass is 299 g/mol. The van der Waals surface area contributed by atoms with Crippen molar-refractivity contribution in [2.45, 2.75) is 12.8 Å². The average molecular weight is 299 g/mol. The smallest absolute Gasteiger partial charge is 0.269 e. The van der Waals surface area contributed by atoms with Crippen molar-refractivity contribution in [2.24, 2.45) is 5.92 Å². The molecule has 1 aliphatic heterocycles. The number of carbonyl (C=O) groups is 1. The Balaban J connectivity index is 1.51. The lowest BCUT2D eigenvalue weighted by molar-refractivity contribution is 0.0947. The number of aromatic amines is 1. The Morgan fingerprint density at radius 3 is 2.86 bits per heavy atom. The molecule has 1 aromatic heterocycles. The van der Waals surface area contributed by atoms with Gasteiger partial charge < -0.3 is 14.8 Å². The highest BCUT2D eigenvalue weighted by atomic mass is 16.6. The summed E-state index contributed by atoms with van der Waals surface area (Å²) in [5, 5.41) is 9.93. The third-order valence-electron chi connectivity index (χ3n) is 3.91. The lowest BCUT2D eigenvalue weighted by Gasteiger charge is -2.18. The minimum Gasteiger partial charge on any atom is -0.486 e. The molecule has 1 fully saturated rings. The molecule has 0 unspecified atom stereocenters. The molecule has 2 aromatic rings. The van der Waals surface area contributed by atoms with Crippen molar-refractivity contribution >= 4 is 5.91 Å². The van der Waals surface area contributed by atoms with Crippen molar-refractivity contribution in [3.63, 3.8) is 0 Å². The van der Waals surface area contributed by atoms with E-state index < -0.39 is 0 Å². The number of carbonyl (C=O) groups excluding carboxylic acids is 1. The number of nitrogens with zero attached hydrogens (tertiary/aromatic N) is 1. The molecule has 6 heteroatoms. The Morgan fingerprint density at radius 1 is 1.23 bits per heavy atom. The van der Waals surface area contributed by atoms with Crippen molar-refractivity contribution in [3.05, 3.63) is 30.0 Å². The molecule has 1 aliphatic carbocycles. The van der Waals surface area contributed by atoms with Gasteiger partial charge in [-0.3, -0.25) is 9.89 Å². The van der Waals surface area contributed by atoms with Gasteiger partial charge in [-0.25, -0.2) is 0 Å². The molecule has 0 radical (unpaired) electrons. The van der Waals surface area contributed by atoms with E-state index in [1.54, 1.807) is 6.07 Å². The third-order valence-corrected chi connectivity index (χ3v) is 3.91. The molecule has 22 heavy (non-hydrogen) atoms. The van der Waals surface area contributed by atoms with Crippen LogP contribution in [0.5, 0.6) is 11.5 Å². The van der Waals surface area contributed by atoms with Gasteiger partial charge in [0.05, 0.1) is 5.69 Å². The second-order valence-corrected chi connectivity index (χ2v) is 5.68. The first kappa shape index (κ1) is 13.2. The second-order valence-electron chi connectivity index (χ2n) is 5.68. The zero-order valence-corrected chi connectivity index (χ0v) is 12.1. The number of ether oxygens (including phenoxy) is 2. The molecule has 2 N–H and O–H groups in total. The first-order chi connectivity index (χ1) is 10.8. The van der Waals surface area contributed by atoms with E-state index >= 15 is 0 Å². The molecule has 1 amide bonds. The fourth-order valence-electron chi connectivity index (χ4n) is 2.44. The van der Waals surface area contributed by atoms with Crippen LogP contribution in [0, 0.1) is 5.92 Å². The lowest BCUT2D eigenvalue weighted by Crippen LogP contribution is -2.25. The van der Waals surface area contributed by atoms with Gasteiger partial charge in [0.1, 0.15) is 18.9 Å². The molecule has 0 atom stereocenters. The average Bonchev–Trinajstić information content (AvgIpc) is 3.26. The minimum absolute atomic E-state index is 0.108. The van der Waals surface area contributed by atoms with Crippen LogP contribution in [0.3, 0.4) is 0 Å². The summed E-state index contributed by atoms with van der Waals surface area (Å²) in [6, 6.07) is 7.42. The predicted octanol–water partition coefficient (Wildman–Crippen LogP) is 1.99. The maximum Gasteiger partial charge on any atom is 0.269 e. The molecule has 114 valence electrons. The minimum atomic E-state index is -0.108. The van der Waals surface area contributed by atoms with Crippen LogP contribution in [0.4, 0.5) is 0 Å². The molecule has 2 heterocycles. The maximum absolute atomic E-state index is 12.0. The number of amides is 1. The Bertz CT molecular complexity index is 706. The number of H-pyrrole nitrogens is 1. The van der Waals surface area contributed by atoms with Gasteiger partial charge in [0.15, 0.2) is 11.5 Å². The molecule has 0 spiro atoms. The molecular formula is C16H17N3O3. The van der Waals surface area contributed by atoms with Crippen LogP contribution in [-0.2, 0) is 0 Å². The number of rotatable bonds is 4. The normalized spacial score (nSPS) is 16.4. The quantitative estimate of drug-likeness (QED) is 0.905. The number of hydrogen-bond donors (Lipinski definition) is 2. The van der Waals surface area contributed by atoms with Gasteiger partial charge in [0.25, 0.3) is 5.91 Å². The summed E-state index contributed by atoms with van der Waals surface area (Å²) in [7, 11) is 0. The van der Waals surface area contributed by atoms with E-state index in [1.165, 1.54) is 12.8 Å². The van der Waals surface area contributed by atoms with Crippen molar-refractivity contribution < 1.29 is 14.3 Å². The van der Waals surface area contributed by atoms with Crippen molar-refractivity contribution in [2.75, 3.05) is 19.8 Å². The van der Waals surface area contributed by atoms with E-state index in [0.717, 1.165) is 17.9 Å². The number of fused-ring (bicyclic) bond motifs is 1. The first-order valence-electron chi connectivity index (χ1n) is 7.53. The van der Waals surface area contributed by atoms with Crippen LogP contribution in [0.1, 0.15) is 23.3 Å². The molecule has 2 aliphatic rings. The van der Waals surface area contributed by atoms with Gasteiger partial charge >= 0.3 is 0 Å². The summed E-state index contributed by atoms with van der Waals surface area (Å²) in [6.07, 6.45) is 2.43. The molecular weight excluding hydrogens is 282 g/mol. The summed E-state index contributed by atoms with van der Waals surface area (Å²) in [5.74, 6) is 2.01. The highest BCUT2D eigenvalue weighted by molar-refractivity contribution is 5.93. The summed E-state index contributed by atoms with van der Waals surface area (Å²) in [6.45, 7) is 1.86. The second kappa shape index (κ2) is 5.36. The number of nitrogens with one attached hydrogen (secondary N) is 2. The predicted molar refractivity (Wildman–Crippen MR) is 80.1 cm³/mol. The van der Waals surface area contributed by atoms with E-state index in [-0.39, 0.29) is 5.91 Å². The fourth-order valence-corrected chi connectivity index (χ4v) is 2.44. The molecule has 4 rings (SSSR count). The molecule has 1 saturated carbocycles. The van der Waals surface area contributed by atoms with Crippen LogP contribution in [0.2, 0.25) is 0 Å². The van der Waals surface area contributed by atoms with Gasteiger partial charge in [-0.1, -0.05) is 0 Å². The summed E-state index contributed by atoms with van der Waals surface area (Å²) < 4.78 is 11.1. The van der Waals surface area contributed by atoms with Gasteiger partial charge in [0, 0.05) is 12.1 Å². The van der Waals surface area contributed by atoms with Crippen molar-refractivity contribution in [3.8, 4) is 22.8 Å². The Morgan fingerprint density at radius 2 is 2.05 bits per heavy atom. The highest BCUT2D eigenvalue weighted by Gasteiger charge is 2.22. The Labute approximate surface area is 127 Å². The topological polar surface area (TPSA) is 76.2 Å². The van der Waals surface area contributed by atoms with E-state index in [1.807, 2.05) is 18.2 Å². The SMILES string of the molecule is O=C(NCC1CC1)c1cc(-c2ccc3c(c2)OCCO3)n[nH]1. The van der Waals surface area contributed by atoms with Crippen molar-refractivity contribution in [1.29, 1.82) is 0 Å². The van der Waals surface area contributed by atoms with Gasteiger partial charge in [-0.15, -0.1) is 0 Å². The van der Waals surface area contributed by atoms with Crippen LogP contribution >= 0.6 is 0 Å². The number of benzene rings is 1. The molecule has 0 saturated heterocycles. The molecule has 0 bridgehead atoms. The first-order valence-corrected chi connectivity index (χ1v) is 7.53. The largest absolute Gasteiger partial charge is 0.486 e. The summed E-state index contributed by atoms with van der Waals surface area (Å²) >= 11 is 0. The van der Waals surface area contributed by atoms with Crippen LogP contribution < -0.4 is 14.8 Å². The zero-order chi connectivity index (χ0) is 14.9. The maximum atomic E-state index is 12.0. The van der Waals surface area contributed by atoms with E-state index in [2.05, 4.69) is 15.5 Å². The lowest BCUT2D eigenvalue weighted by atomic mass is 10.1. The van der Waals surface area contributed by atoms with E-state index in [4.69, 9.17) is 9.47 Å². The van der Waals surface area contributed by atoms with Crippen LogP contribution in [-0.4, -0.2) is 35.9 Å². The zero-order valence-electron chi connectivity index (χ0n) is 12.1. The van der Waals surface area contributed by atoms with Crippen LogP contribution in [0.15, 0.2) is 24.3 Å². The highest BCUT2D eigenvalue weighted by Crippen LogP contribution is 2.34. The number of aromatic nitrogens is 2. The van der Waals surface area contributed by atoms with Crippen LogP contribution in [0.25, 0.3) is 11.3 Å². The van der Waals surface area contributed by atoms with Gasteiger partial charge in [-0.05, 0) is 43.0 Å². The van der Waals surface area contributed by atoms with Crippen molar-refractivity contribution in [1.82, 2.24) is 15.5 Å². The molecule has 1 aromatic carbocycles. The summed E-state index contributed by atoms with van der Waals surface area (Å²) in [4.78, 5) is 12.0. The number of hydrogen-bond acceptors (Lipinski definition) is 4. The Kier molecular flexibility index (Phi) is 3.21. The molecule has 6 nitrogen and oxygen atoms in total. The standard InChI is InChI=1S/C16H17N3O3/c20-16(17-9-10-1-2-10)13-8-12(18-19-13)11-3-4-14-15(7-11)22-6-5-21-14/h3-4,7-8,10H,1-2,5-6,9H2,(H,17,20)(H,18,19). The van der Waals surface area contributed by atoms with Gasteiger partial charge in [0.2, 0.25) is 0 Å². The fraction of sp³-hybridized carbons (Fsp3) is 0.375. The Hall–Kier alpha value is -2.50. The third kappa shape index (κ3) is 2.64. The van der Waals surface area contributed by atoms with E-state index in [0.29, 0.717) is 36.3 Å². The van der Waals surface area contributed by atoms with Gasteiger partial charge in [-0.2, -0.15) is 5.10 Å². The summed E-state index contributed by atoms with van der Waals surface area (Å²) in [5.41, 5.74) is 2.08. The van der Waals surface area contributed by atoms with E-state index in [9.17, 15) is 4.79 Å².